The van der Waals surface area contributed by atoms with Crippen molar-refractivity contribution in [2.45, 2.75) is 50.7 Å². The Hall–Kier alpha value is -2.45. The number of halogens is 3. The van der Waals surface area contributed by atoms with Crippen LogP contribution in [0.2, 0.25) is 0 Å². The first-order chi connectivity index (χ1) is 15.6. The summed E-state index contributed by atoms with van der Waals surface area (Å²) >= 11 is 0. The van der Waals surface area contributed by atoms with E-state index in [1.54, 1.807) is 32.0 Å². The first-order valence-corrected chi connectivity index (χ1v) is 11.3. The molecule has 1 fully saturated rings. The second-order valence-corrected chi connectivity index (χ2v) is 9.62. The summed E-state index contributed by atoms with van der Waals surface area (Å²) in [5, 5.41) is 0. The van der Waals surface area contributed by atoms with E-state index in [0.717, 1.165) is 62.2 Å². The fraction of sp³-hybridized carbons (Fsp3) is 0.520. The number of pyridine rings is 1. The number of ether oxygens (including phenoxy) is 1. The van der Waals surface area contributed by atoms with E-state index < -0.39 is 23.0 Å². The van der Waals surface area contributed by atoms with Crippen LogP contribution in [0.5, 0.6) is 0 Å². The number of carbonyl (C=O) groups excluding carboxylic acids is 1. The van der Waals surface area contributed by atoms with Crippen LogP contribution < -0.4 is 0 Å². The molecular weight excluding hydrogens is 431 g/mol. The lowest BCUT2D eigenvalue weighted by Crippen LogP contribution is -2.44. The molecular formula is C25H30F3N3O2. The van der Waals surface area contributed by atoms with Gasteiger partial charge >= 0.3 is 0 Å². The zero-order valence-corrected chi connectivity index (χ0v) is 19.3. The van der Waals surface area contributed by atoms with E-state index in [2.05, 4.69) is 9.88 Å². The van der Waals surface area contributed by atoms with Crippen LogP contribution in [-0.2, 0) is 27.2 Å². The molecule has 1 saturated heterocycles. The van der Waals surface area contributed by atoms with Gasteiger partial charge in [0.15, 0.2) is 11.6 Å². The summed E-state index contributed by atoms with van der Waals surface area (Å²) in [6.45, 7) is 6.99. The van der Waals surface area contributed by atoms with Gasteiger partial charge in [0.1, 0.15) is 0 Å². The summed E-state index contributed by atoms with van der Waals surface area (Å²) in [5.74, 6) is -2.48. The van der Waals surface area contributed by atoms with Crippen LogP contribution in [0, 0.1) is 17.6 Å². The number of nitrogens with zero attached hydrogens (tertiary/aromatic N) is 3. The third-order valence-corrected chi connectivity index (χ3v) is 7.11. The van der Waals surface area contributed by atoms with Crippen LogP contribution in [-0.4, -0.2) is 53.9 Å². The van der Waals surface area contributed by atoms with Gasteiger partial charge in [0.25, 0.3) is 0 Å². The molecule has 4 rings (SSSR count). The molecule has 0 bridgehead atoms. The van der Waals surface area contributed by atoms with Gasteiger partial charge in [-0.3, -0.25) is 4.79 Å². The molecule has 2 aliphatic heterocycles. The maximum atomic E-state index is 13.7. The molecule has 0 atom stereocenters. The zero-order valence-electron chi connectivity index (χ0n) is 19.3. The number of carbonyl (C=O) groups is 1. The largest absolute Gasteiger partial charge is 0.365 e. The highest BCUT2D eigenvalue weighted by Crippen LogP contribution is 2.43. The number of likely N-dealkylation sites (N-methyl/N-ethyl adjacent to an activating group) is 1. The topological polar surface area (TPSA) is 45.7 Å². The average Bonchev–Trinajstić information content (AvgIpc) is 3.13. The van der Waals surface area contributed by atoms with Gasteiger partial charge < -0.3 is 14.5 Å². The number of hydrogen-bond acceptors (Lipinski definition) is 4. The maximum Gasteiger partial charge on any atom is 0.232 e. The molecule has 1 spiro atoms. The minimum Gasteiger partial charge on any atom is -0.365 e. The van der Waals surface area contributed by atoms with Crippen molar-refractivity contribution in [3.05, 3.63) is 64.7 Å². The van der Waals surface area contributed by atoms with E-state index in [0.29, 0.717) is 18.7 Å². The van der Waals surface area contributed by atoms with Gasteiger partial charge in [-0.25, -0.2) is 13.8 Å². The molecule has 0 saturated carbocycles. The van der Waals surface area contributed by atoms with Gasteiger partial charge in [-0.05, 0) is 69.0 Å². The van der Waals surface area contributed by atoms with Crippen molar-refractivity contribution >= 4 is 5.91 Å². The fourth-order valence-corrected chi connectivity index (χ4v) is 4.96. The van der Waals surface area contributed by atoms with Gasteiger partial charge in [0.05, 0.1) is 17.6 Å². The number of likely N-dealkylation sites (tertiary alicyclic amines) is 1. The number of hydrogen-bond donors (Lipinski definition) is 0. The Balaban J connectivity index is 1.27. The third-order valence-electron chi connectivity index (χ3n) is 7.11. The van der Waals surface area contributed by atoms with Crippen LogP contribution in [0.3, 0.4) is 0 Å². The minimum absolute atomic E-state index is 0.137. The summed E-state index contributed by atoms with van der Waals surface area (Å²) in [4.78, 5) is 20.8. The number of fused-ring (bicyclic) bond motifs is 2. The monoisotopic (exact) mass is 461 g/mol. The standard InChI is InChI=1S/C25H30F3N3O2/c1-24(2,18-5-6-20(26)21(27)14-18)23(32)30(3)9-4-10-31-11-7-25(8-12-31)19-15-29-22(28)13-17(19)16-33-25/h5-6,13-15H,4,7-12,16H2,1-3H3. The van der Waals surface area contributed by atoms with Gasteiger partial charge in [-0.2, -0.15) is 4.39 Å². The molecule has 178 valence electrons. The van der Waals surface area contributed by atoms with Gasteiger partial charge in [-0.1, -0.05) is 6.07 Å². The van der Waals surface area contributed by atoms with Crippen molar-refractivity contribution in [3.8, 4) is 0 Å². The third kappa shape index (κ3) is 4.64. The second-order valence-electron chi connectivity index (χ2n) is 9.62. The molecule has 0 radical (unpaired) electrons. The molecule has 1 amide bonds. The summed E-state index contributed by atoms with van der Waals surface area (Å²) < 4.78 is 46.4. The van der Waals surface area contributed by atoms with E-state index in [4.69, 9.17) is 4.74 Å². The molecule has 0 N–H and O–H groups in total. The van der Waals surface area contributed by atoms with Gasteiger partial charge in [-0.15, -0.1) is 0 Å². The Morgan fingerprint density at radius 1 is 1.18 bits per heavy atom. The smallest absolute Gasteiger partial charge is 0.232 e. The Bertz CT molecular complexity index is 1040. The molecule has 1 aromatic carbocycles. The quantitative estimate of drug-likeness (QED) is 0.607. The predicted molar refractivity (Wildman–Crippen MR) is 118 cm³/mol. The molecule has 0 unspecified atom stereocenters. The summed E-state index contributed by atoms with van der Waals surface area (Å²) in [7, 11) is 1.74. The average molecular weight is 462 g/mol. The normalized spacial score (nSPS) is 17.9. The van der Waals surface area contributed by atoms with Crippen LogP contribution in [0.4, 0.5) is 13.2 Å². The highest BCUT2D eigenvalue weighted by Gasteiger charge is 2.43. The molecule has 8 heteroatoms. The van der Waals surface area contributed by atoms with Crippen LogP contribution in [0.25, 0.3) is 0 Å². The Labute approximate surface area is 192 Å². The highest BCUT2D eigenvalue weighted by atomic mass is 19.2. The molecule has 3 heterocycles. The van der Waals surface area contributed by atoms with Crippen molar-refractivity contribution in [2.24, 2.45) is 0 Å². The molecule has 2 aliphatic rings. The molecule has 2 aromatic rings. The number of benzene rings is 1. The lowest BCUT2D eigenvalue weighted by molar-refractivity contribution is -0.135. The lowest BCUT2D eigenvalue weighted by Gasteiger charge is -2.39. The van der Waals surface area contributed by atoms with Crippen molar-refractivity contribution in [1.82, 2.24) is 14.8 Å². The SMILES string of the molecule is CN(CCCN1CCC2(CC1)OCc1cc(F)ncc12)C(=O)C(C)(C)c1ccc(F)c(F)c1. The summed E-state index contributed by atoms with van der Waals surface area (Å²) in [6.07, 6.45) is 4.06. The second kappa shape index (κ2) is 9.06. The number of piperidine rings is 1. The number of rotatable bonds is 6. The Morgan fingerprint density at radius 2 is 1.91 bits per heavy atom. The van der Waals surface area contributed by atoms with Gasteiger partial charge in [0, 0.05) is 38.4 Å². The fourth-order valence-electron chi connectivity index (χ4n) is 4.96. The molecule has 0 aliphatic carbocycles. The Morgan fingerprint density at radius 3 is 2.61 bits per heavy atom. The summed E-state index contributed by atoms with van der Waals surface area (Å²) in [6, 6.07) is 5.08. The zero-order chi connectivity index (χ0) is 23.8. The number of amides is 1. The van der Waals surface area contributed by atoms with E-state index in [1.165, 1.54) is 12.1 Å². The molecule has 33 heavy (non-hydrogen) atoms. The summed E-state index contributed by atoms with van der Waals surface area (Å²) in [5.41, 5.74) is 1.02. The van der Waals surface area contributed by atoms with E-state index in [-0.39, 0.29) is 11.5 Å². The van der Waals surface area contributed by atoms with Crippen LogP contribution in [0.1, 0.15) is 49.8 Å². The first-order valence-electron chi connectivity index (χ1n) is 11.3. The number of aromatic nitrogens is 1. The van der Waals surface area contributed by atoms with Gasteiger partial charge in [0.2, 0.25) is 11.9 Å². The van der Waals surface area contributed by atoms with E-state index >= 15 is 0 Å². The minimum atomic E-state index is -0.957. The molecule has 1 aromatic heterocycles. The first kappa shape index (κ1) is 23.7. The van der Waals surface area contributed by atoms with Crippen molar-refractivity contribution < 1.29 is 22.7 Å². The van der Waals surface area contributed by atoms with E-state index in [9.17, 15) is 18.0 Å². The van der Waals surface area contributed by atoms with Crippen molar-refractivity contribution in [3.63, 3.8) is 0 Å². The highest BCUT2D eigenvalue weighted by molar-refractivity contribution is 5.87. The van der Waals surface area contributed by atoms with Crippen molar-refractivity contribution in [2.75, 3.05) is 33.2 Å². The van der Waals surface area contributed by atoms with Crippen LogP contribution >= 0.6 is 0 Å². The maximum absolute atomic E-state index is 13.7. The molecule has 5 nitrogen and oxygen atoms in total. The predicted octanol–water partition coefficient (Wildman–Crippen LogP) is 4.15. The van der Waals surface area contributed by atoms with Crippen molar-refractivity contribution in [1.29, 1.82) is 0 Å². The Kier molecular flexibility index (Phi) is 6.51. The van der Waals surface area contributed by atoms with Crippen LogP contribution in [0.15, 0.2) is 30.5 Å². The lowest BCUT2D eigenvalue weighted by atomic mass is 9.83. The van der Waals surface area contributed by atoms with E-state index in [1.807, 2.05) is 0 Å².